The van der Waals surface area contributed by atoms with Crippen molar-refractivity contribution in [1.29, 1.82) is 0 Å². The van der Waals surface area contributed by atoms with E-state index in [1.807, 2.05) is 0 Å². The Morgan fingerprint density at radius 2 is 1.22 bits per heavy atom. The highest BCUT2D eigenvalue weighted by Gasteiger charge is 2.23. The molecule has 0 amide bonds. The van der Waals surface area contributed by atoms with Gasteiger partial charge in [-0.2, -0.15) is 0 Å². The third-order valence-corrected chi connectivity index (χ3v) is 5.73. The summed E-state index contributed by atoms with van der Waals surface area (Å²) in [6.07, 6.45) is 2.53. The topological polar surface area (TPSA) is 0 Å². The van der Waals surface area contributed by atoms with Crippen LogP contribution in [0, 0.1) is 0 Å². The van der Waals surface area contributed by atoms with Crippen molar-refractivity contribution in [2.45, 2.75) is 22.6 Å². The lowest BCUT2D eigenvalue weighted by Gasteiger charge is -2.07. The Labute approximate surface area is 121 Å². The SMILES string of the molecule is BrCCCC[S+](c1ccccc1)c1ccccc1. The van der Waals surface area contributed by atoms with Gasteiger partial charge < -0.3 is 0 Å². The van der Waals surface area contributed by atoms with Crippen LogP contribution in [0.4, 0.5) is 0 Å². The molecule has 0 N–H and O–H groups in total. The second kappa shape index (κ2) is 7.65. The number of hydrogen-bond donors (Lipinski definition) is 0. The van der Waals surface area contributed by atoms with E-state index < -0.39 is 0 Å². The van der Waals surface area contributed by atoms with Crippen molar-refractivity contribution in [3.8, 4) is 0 Å². The highest BCUT2D eigenvalue weighted by molar-refractivity contribution is 9.09. The Kier molecular flexibility index (Phi) is 5.82. The van der Waals surface area contributed by atoms with Crippen LogP contribution in [0.15, 0.2) is 70.5 Å². The lowest BCUT2D eigenvalue weighted by Crippen LogP contribution is -2.09. The maximum atomic E-state index is 3.52. The van der Waals surface area contributed by atoms with Gasteiger partial charge in [-0.3, -0.25) is 0 Å². The van der Waals surface area contributed by atoms with E-state index in [9.17, 15) is 0 Å². The molecule has 2 aromatic carbocycles. The maximum Gasteiger partial charge on any atom is 0.160 e. The van der Waals surface area contributed by atoms with Crippen molar-refractivity contribution >= 4 is 26.8 Å². The largest absolute Gasteiger partial charge is 0.160 e. The van der Waals surface area contributed by atoms with Gasteiger partial charge in [-0.15, -0.1) is 0 Å². The standard InChI is InChI=1S/C16H18BrS/c17-13-7-8-14-18(15-9-3-1-4-10-15)16-11-5-2-6-12-16/h1-6,9-12H,7-8,13-14H2/q+1. The molecule has 0 aromatic heterocycles. The lowest BCUT2D eigenvalue weighted by atomic mass is 10.4. The molecule has 0 spiro atoms. The summed E-state index contributed by atoms with van der Waals surface area (Å²) in [5.41, 5.74) is 0. The van der Waals surface area contributed by atoms with Crippen LogP contribution in [0.25, 0.3) is 0 Å². The Hall–Kier alpha value is -0.730. The molecule has 2 heteroatoms. The molecule has 0 nitrogen and oxygen atoms in total. The number of unbranched alkanes of at least 4 members (excludes halogenated alkanes) is 1. The van der Waals surface area contributed by atoms with Gasteiger partial charge in [-0.05, 0) is 37.1 Å². The van der Waals surface area contributed by atoms with Crippen LogP contribution in [0.2, 0.25) is 0 Å². The van der Waals surface area contributed by atoms with Gasteiger partial charge in [0, 0.05) is 5.33 Å². The Morgan fingerprint density at radius 1 is 0.722 bits per heavy atom. The molecule has 94 valence electrons. The van der Waals surface area contributed by atoms with Crippen LogP contribution in [-0.2, 0) is 10.9 Å². The van der Waals surface area contributed by atoms with Crippen LogP contribution >= 0.6 is 15.9 Å². The zero-order valence-electron chi connectivity index (χ0n) is 10.4. The minimum absolute atomic E-state index is 0.226. The van der Waals surface area contributed by atoms with Crippen LogP contribution < -0.4 is 0 Å². The van der Waals surface area contributed by atoms with Gasteiger partial charge >= 0.3 is 0 Å². The quantitative estimate of drug-likeness (QED) is 0.403. The van der Waals surface area contributed by atoms with Crippen molar-refractivity contribution in [3.63, 3.8) is 0 Å². The Bertz CT molecular complexity index is 402. The molecule has 0 saturated carbocycles. The minimum atomic E-state index is 0.226. The second-order valence-electron chi connectivity index (χ2n) is 4.12. The Morgan fingerprint density at radius 3 is 1.67 bits per heavy atom. The smallest absolute Gasteiger partial charge is 0.0928 e. The third kappa shape index (κ3) is 3.89. The first kappa shape index (κ1) is 13.7. The predicted molar refractivity (Wildman–Crippen MR) is 84.7 cm³/mol. The molecule has 0 radical (unpaired) electrons. The van der Waals surface area contributed by atoms with E-state index in [-0.39, 0.29) is 10.9 Å². The summed E-state index contributed by atoms with van der Waals surface area (Å²) in [5.74, 6) is 1.25. The molecule has 0 unspecified atom stereocenters. The number of hydrogen-bond acceptors (Lipinski definition) is 0. The van der Waals surface area contributed by atoms with Gasteiger partial charge in [-0.1, -0.05) is 52.3 Å². The zero-order chi connectivity index (χ0) is 12.6. The van der Waals surface area contributed by atoms with Crippen molar-refractivity contribution in [3.05, 3.63) is 60.7 Å². The fourth-order valence-corrected chi connectivity index (χ4v) is 4.49. The van der Waals surface area contributed by atoms with Crippen LogP contribution in [0.3, 0.4) is 0 Å². The second-order valence-corrected chi connectivity index (χ2v) is 7.04. The summed E-state index contributed by atoms with van der Waals surface area (Å²) in [4.78, 5) is 2.91. The van der Waals surface area contributed by atoms with Gasteiger partial charge in [0.15, 0.2) is 9.79 Å². The lowest BCUT2D eigenvalue weighted by molar-refractivity contribution is 0.907. The molecular weight excluding hydrogens is 304 g/mol. The summed E-state index contributed by atoms with van der Waals surface area (Å²) in [7, 11) is 0.226. The predicted octanol–water partition coefficient (Wildman–Crippen LogP) is 4.90. The number of benzene rings is 2. The van der Waals surface area contributed by atoms with Gasteiger partial charge in [0.25, 0.3) is 0 Å². The van der Waals surface area contributed by atoms with Gasteiger partial charge in [0.05, 0.1) is 10.9 Å². The van der Waals surface area contributed by atoms with E-state index in [1.165, 1.54) is 28.4 Å². The van der Waals surface area contributed by atoms with Crippen molar-refractivity contribution in [2.24, 2.45) is 0 Å². The molecule has 2 rings (SSSR count). The first-order valence-electron chi connectivity index (χ1n) is 6.29. The summed E-state index contributed by atoms with van der Waals surface area (Å²) in [6.45, 7) is 0. The van der Waals surface area contributed by atoms with Gasteiger partial charge in [-0.25, -0.2) is 0 Å². The molecule has 0 fully saturated rings. The van der Waals surface area contributed by atoms with Crippen LogP contribution in [0.5, 0.6) is 0 Å². The molecule has 0 bridgehead atoms. The van der Waals surface area contributed by atoms with E-state index in [2.05, 4.69) is 76.6 Å². The third-order valence-electron chi connectivity index (χ3n) is 2.79. The molecule has 2 aromatic rings. The fraction of sp³-hybridized carbons (Fsp3) is 0.250. The zero-order valence-corrected chi connectivity index (χ0v) is 12.8. The van der Waals surface area contributed by atoms with Gasteiger partial charge in [0.2, 0.25) is 0 Å². The number of alkyl halides is 1. The first-order valence-corrected chi connectivity index (χ1v) is 8.80. The van der Waals surface area contributed by atoms with Crippen LogP contribution in [0.1, 0.15) is 12.8 Å². The monoisotopic (exact) mass is 321 g/mol. The minimum Gasteiger partial charge on any atom is -0.0928 e. The highest BCUT2D eigenvalue weighted by Crippen LogP contribution is 2.24. The van der Waals surface area contributed by atoms with Crippen molar-refractivity contribution in [2.75, 3.05) is 11.1 Å². The van der Waals surface area contributed by atoms with Gasteiger partial charge in [0.1, 0.15) is 5.75 Å². The van der Waals surface area contributed by atoms with E-state index in [1.54, 1.807) is 0 Å². The number of rotatable bonds is 6. The summed E-state index contributed by atoms with van der Waals surface area (Å²) in [5, 5.41) is 1.10. The molecular formula is C16H18BrS+. The maximum absolute atomic E-state index is 3.52. The van der Waals surface area contributed by atoms with E-state index in [0.717, 1.165) is 5.33 Å². The molecule has 0 atom stereocenters. The summed E-state index contributed by atoms with van der Waals surface area (Å²) >= 11 is 3.52. The molecule has 0 aliphatic heterocycles. The molecule has 0 aliphatic carbocycles. The molecule has 0 heterocycles. The average Bonchev–Trinajstić information content (AvgIpc) is 2.46. The van der Waals surface area contributed by atoms with E-state index in [4.69, 9.17) is 0 Å². The Balaban J connectivity index is 2.18. The normalized spacial score (nSPS) is 10.8. The molecule has 0 saturated heterocycles. The van der Waals surface area contributed by atoms with Crippen molar-refractivity contribution < 1.29 is 0 Å². The number of halogens is 1. The van der Waals surface area contributed by atoms with E-state index in [0.29, 0.717) is 0 Å². The van der Waals surface area contributed by atoms with E-state index >= 15 is 0 Å². The summed E-state index contributed by atoms with van der Waals surface area (Å²) < 4.78 is 0. The molecule has 18 heavy (non-hydrogen) atoms. The fourth-order valence-electron chi connectivity index (χ4n) is 1.88. The molecule has 0 aliphatic rings. The highest BCUT2D eigenvalue weighted by atomic mass is 79.9. The summed E-state index contributed by atoms with van der Waals surface area (Å²) in [6, 6.07) is 21.8. The van der Waals surface area contributed by atoms with Crippen LogP contribution in [-0.4, -0.2) is 11.1 Å². The first-order chi connectivity index (χ1) is 8.92. The average molecular weight is 322 g/mol. The van der Waals surface area contributed by atoms with Crippen molar-refractivity contribution in [1.82, 2.24) is 0 Å².